The van der Waals surface area contributed by atoms with Gasteiger partial charge in [-0.3, -0.25) is 5.10 Å². The number of anilines is 2. The number of rotatable bonds is 3. The summed E-state index contributed by atoms with van der Waals surface area (Å²) in [7, 11) is 0. The lowest BCUT2D eigenvalue weighted by Crippen LogP contribution is -2.21. The second kappa shape index (κ2) is 5.66. The van der Waals surface area contributed by atoms with E-state index in [4.69, 9.17) is 5.11 Å². The molecular weight excluding hydrogens is 272 g/mol. The van der Waals surface area contributed by atoms with Gasteiger partial charge in [0.15, 0.2) is 0 Å². The van der Waals surface area contributed by atoms with Gasteiger partial charge in [0.25, 0.3) is 0 Å². The van der Waals surface area contributed by atoms with Crippen LogP contribution in [0.15, 0.2) is 18.2 Å². The molecule has 110 valence electrons. The van der Waals surface area contributed by atoms with E-state index in [2.05, 4.69) is 20.8 Å². The molecule has 2 aromatic rings. The first-order valence-electron chi connectivity index (χ1n) is 6.32. The number of hydrogen-bond donors (Lipinski definition) is 4. The van der Waals surface area contributed by atoms with E-state index in [9.17, 15) is 9.59 Å². The lowest BCUT2D eigenvalue weighted by molar-refractivity contribution is 0.0697. The fourth-order valence-corrected chi connectivity index (χ4v) is 1.89. The summed E-state index contributed by atoms with van der Waals surface area (Å²) in [6.45, 7) is 5.36. The number of aromatic amines is 1. The number of hydrogen-bond acceptors (Lipinski definition) is 3. The van der Waals surface area contributed by atoms with Crippen LogP contribution in [0.25, 0.3) is 0 Å². The highest BCUT2D eigenvalue weighted by Crippen LogP contribution is 2.19. The average Bonchev–Trinajstić information content (AvgIpc) is 2.73. The maximum Gasteiger partial charge on any atom is 0.335 e. The largest absolute Gasteiger partial charge is 0.478 e. The van der Waals surface area contributed by atoms with Crippen molar-refractivity contribution in [2.24, 2.45) is 0 Å². The number of carboxylic acid groups (broad SMARTS) is 1. The van der Waals surface area contributed by atoms with Crippen LogP contribution in [0.2, 0.25) is 0 Å². The molecular formula is C14H16N4O3. The third-order valence-corrected chi connectivity index (χ3v) is 3.10. The molecule has 0 saturated carbocycles. The van der Waals surface area contributed by atoms with Gasteiger partial charge in [0.2, 0.25) is 0 Å². The molecule has 0 radical (unpaired) electrons. The first kappa shape index (κ1) is 14.6. The molecule has 0 aliphatic rings. The Labute approximate surface area is 121 Å². The Morgan fingerprint density at radius 2 is 1.90 bits per heavy atom. The van der Waals surface area contributed by atoms with E-state index in [0.29, 0.717) is 17.1 Å². The molecule has 0 aliphatic carbocycles. The molecule has 2 amide bonds. The predicted octanol–water partition coefficient (Wildman–Crippen LogP) is 2.68. The number of benzene rings is 1. The van der Waals surface area contributed by atoms with Crippen molar-refractivity contribution in [2.75, 3.05) is 10.6 Å². The number of carboxylic acids is 1. The molecule has 0 saturated heterocycles. The number of amides is 2. The number of aromatic carboxylic acids is 1. The van der Waals surface area contributed by atoms with Crippen LogP contribution in [0, 0.1) is 20.8 Å². The summed E-state index contributed by atoms with van der Waals surface area (Å²) in [5.41, 5.74) is 3.38. The highest BCUT2D eigenvalue weighted by molar-refractivity contribution is 6.01. The minimum absolute atomic E-state index is 0.117. The number of aromatic nitrogens is 2. The van der Waals surface area contributed by atoms with E-state index in [-0.39, 0.29) is 5.56 Å². The highest BCUT2D eigenvalue weighted by Gasteiger charge is 2.12. The smallest absolute Gasteiger partial charge is 0.335 e. The van der Waals surface area contributed by atoms with Crippen LogP contribution in [0.1, 0.15) is 27.3 Å². The molecule has 0 unspecified atom stereocenters. The van der Waals surface area contributed by atoms with Gasteiger partial charge in [0.1, 0.15) is 0 Å². The number of nitrogens with one attached hydrogen (secondary N) is 3. The summed E-state index contributed by atoms with van der Waals surface area (Å²) in [5, 5.41) is 21.1. The Morgan fingerprint density at radius 1 is 1.19 bits per heavy atom. The lowest BCUT2D eigenvalue weighted by atomic mass is 10.1. The maximum absolute atomic E-state index is 12.0. The summed E-state index contributed by atoms with van der Waals surface area (Å²) in [6, 6.07) is 4.11. The molecule has 1 aromatic heterocycles. The zero-order valence-electron chi connectivity index (χ0n) is 11.9. The number of carbonyl (C=O) groups is 2. The van der Waals surface area contributed by atoms with Gasteiger partial charge >= 0.3 is 12.0 Å². The standard InChI is InChI=1S/C14H16N4O3/c1-7-4-5-10(13(19)20)6-11(7)15-14(21)16-12-8(2)17-18-9(12)3/h4-6H,1-3H3,(H,17,18)(H,19,20)(H2,15,16,21). The third-order valence-electron chi connectivity index (χ3n) is 3.10. The van der Waals surface area contributed by atoms with Crippen molar-refractivity contribution in [3.8, 4) is 0 Å². The van der Waals surface area contributed by atoms with Gasteiger partial charge in [-0.1, -0.05) is 6.07 Å². The summed E-state index contributed by atoms with van der Waals surface area (Å²) in [5.74, 6) is -1.04. The first-order chi connectivity index (χ1) is 9.88. The molecule has 2 rings (SSSR count). The topological polar surface area (TPSA) is 107 Å². The van der Waals surface area contributed by atoms with Crippen molar-refractivity contribution < 1.29 is 14.7 Å². The Bertz CT molecular complexity index is 687. The summed E-state index contributed by atoms with van der Waals surface area (Å²) in [4.78, 5) is 23.0. The molecule has 0 bridgehead atoms. The minimum atomic E-state index is -1.04. The van der Waals surface area contributed by atoms with Gasteiger partial charge < -0.3 is 15.7 Å². The van der Waals surface area contributed by atoms with E-state index in [1.165, 1.54) is 12.1 Å². The second-order valence-corrected chi connectivity index (χ2v) is 4.72. The second-order valence-electron chi connectivity index (χ2n) is 4.72. The monoisotopic (exact) mass is 288 g/mol. The number of nitrogens with zero attached hydrogens (tertiary/aromatic N) is 1. The first-order valence-corrected chi connectivity index (χ1v) is 6.32. The van der Waals surface area contributed by atoms with E-state index in [0.717, 1.165) is 11.3 Å². The summed E-state index contributed by atoms with van der Waals surface area (Å²) in [6.07, 6.45) is 0. The van der Waals surface area contributed by atoms with Gasteiger partial charge in [-0.05, 0) is 38.5 Å². The van der Waals surface area contributed by atoms with Gasteiger partial charge in [-0.2, -0.15) is 5.10 Å². The van der Waals surface area contributed by atoms with Gasteiger partial charge in [0, 0.05) is 5.69 Å². The lowest BCUT2D eigenvalue weighted by Gasteiger charge is -2.10. The van der Waals surface area contributed by atoms with Crippen LogP contribution in [-0.2, 0) is 0 Å². The van der Waals surface area contributed by atoms with Crippen molar-refractivity contribution in [3.05, 3.63) is 40.7 Å². The average molecular weight is 288 g/mol. The molecule has 0 fully saturated rings. The Balaban J connectivity index is 2.16. The van der Waals surface area contributed by atoms with Crippen molar-refractivity contribution in [1.29, 1.82) is 0 Å². The maximum atomic E-state index is 12.0. The van der Waals surface area contributed by atoms with Crippen molar-refractivity contribution in [2.45, 2.75) is 20.8 Å². The zero-order valence-corrected chi connectivity index (χ0v) is 11.9. The number of carbonyl (C=O) groups excluding carboxylic acids is 1. The minimum Gasteiger partial charge on any atom is -0.478 e. The van der Waals surface area contributed by atoms with Crippen LogP contribution < -0.4 is 10.6 Å². The Hall–Kier alpha value is -2.83. The van der Waals surface area contributed by atoms with Crippen molar-refractivity contribution in [1.82, 2.24) is 10.2 Å². The van der Waals surface area contributed by atoms with Crippen LogP contribution in [-0.4, -0.2) is 27.3 Å². The number of H-pyrrole nitrogens is 1. The van der Waals surface area contributed by atoms with Crippen LogP contribution >= 0.6 is 0 Å². The number of urea groups is 1. The normalized spacial score (nSPS) is 10.2. The molecule has 7 heteroatoms. The van der Waals surface area contributed by atoms with E-state index in [1.54, 1.807) is 26.8 Å². The van der Waals surface area contributed by atoms with Gasteiger partial charge in [-0.25, -0.2) is 9.59 Å². The molecule has 0 atom stereocenters. The fraction of sp³-hybridized carbons (Fsp3) is 0.214. The van der Waals surface area contributed by atoms with E-state index >= 15 is 0 Å². The molecule has 1 heterocycles. The zero-order chi connectivity index (χ0) is 15.6. The third kappa shape index (κ3) is 3.19. The Morgan fingerprint density at radius 3 is 2.48 bits per heavy atom. The Kier molecular flexibility index (Phi) is 3.93. The van der Waals surface area contributed by atoms with Crippen LogP contribution in [0.3, 0.4) is 0 Å². The molecule has 7 nitrogen and oxygen atoms in total. The molecule has 0 spiro atoms. The van der Waals surface area contributed by atoms with Gasteiger partial charge in [-0.15, -0.1) is 0 Å². The van der Waals surface area contributed by atoms with E-state index < -0.39 is 12.0 Å². The van der Waals surface area contributed by atoms with Crippen molar-refractivity contribution in [3.63, 3.8) is 0 Å². The van der Waals surface area contributed by atoms with Crippen LogP contribution in [0.4, 0.5) is 16.2 Å². The molecule has 4 N–H and O–H groups in total. The van der Waals surface area contributed by atoms with Crippen molar-refractivity contribution >= 4 is 23.4 Å². The SMILES string of the molecule is Cc1ccc(C(=O)O)cc1NC(=O)Nc1c(C)n[nH]c1C. The highest BCUT2D eigenvalue weighted by atomic mass is 16.4. The van der Waals surface area contributed by atoms with E-state index in [1.807, 2.05) is 0 Å². The fourth-order valence-electron chi connectivity index (χ4n) is 1.89. The molecule has 0 aliphatic heterocycles. The van der Waals surface area contributed by atoms with Gasteiger partial charge in [0.05, 0.1) is 22.6 Å². The molecule has 1 aromatic carbocycles. The molecule has 21 heavy (non-hydrogen) atoms. The summed E-state index contributed by atoms with van der Waals surface area (Å²) >= 11 is 0. The predicted molar refractivity (Wildman–Crippen MR) is 78.8 cm³/mol. The number of aryl methyl sites for hydroxylation is 3. The van der Waals surface area contributed by atoms with Crippen LogP contribution in [0.5, 0.6) is 0 Å². The quantitative estimate of drug-likeness (QED) is 0.696. The summed E-state index contributed by atoms with van der Waals surface area (Å²) < 4.78 is 0.